The van der Waals surface area contributed by atoms with Crippen LogP contribution >= 0.6 is 0 Å². The van der Waals surface area contributed by atoms with Gasteiger partial charge in [-0.05, 0) is 12.8 Å². The number of methoxy groups -OCH3 is 1. The average molecular weight is 261 g/mol. The van der Waals surface area contributed by atoms with Crippen molar-refractivity contribution in [2.24, 2.45) is 0 Å². The van der Waals surface area contributed by atoms with E-state index in [0.717, 1.165) is 13.2 Å². The highest BCUT2D eigenvalue weighted by atomic mass is 16.5. The molecule has 1 fully saturated rings. The molecule has 5 heteroatoms. The second-order valence-electron chi connectivity index (χ2n) is 4.70. The molecule has 1 unspecified atom stereocenters. The summed E-state index contributed by atoms with van der Waals surface area (Å²) in [5.41, 5.74) is 0. The fourth-order valence-corrected chi connectivity index (χ4v) is 2.04. The number of aliphatic hydroxyl groups is 1. The zero-order chi connectivity index (χ0) is 13.1. The maximum atomic E-state index is 9.59. The Morgan fingerprint density at radius 3 is 2.72 bits per heavy atom. The zero-order valence-corrected chi connectivity index (χ0v) is 11.4. The fraction of sp³-hybridized carbons (Fsp3) is 1.00. The van der Waals surface area contributed by atoms with Gasteiger partial charge in [0.25, 0.3) is 0 Å². The Morgan fingerprint density at radius 2 is 2.00 bits per heavy atom. The first-order valence-corrected chi connectivity index (χ1v) is 6.90. The summed E-state index contributed by atoms with van der Waals surface area (Å²) in [6, 6.07) is 0. The Hall–Kier alpha value is -0.200. The maximum absolute atomic E-state index is 9.59. The molecule has 0 heterocycles. The predicted molar refractivity (Wildman–Crippen MR) is 69.8 cm³/mol. The van der Waals surface area contributed by atoms with Gasteiger partial charge in [0.2, 0.25) is 0 Å². The van der Waals surface area contributed by atoms with Crippen molar-refractivity contribution in [2.45, 2.75) is 37.9 Å². The van der Waals surface area contributed by atoms with Crippen LogP contribution in [0.5, 0.6) is 0 Å². The molecule has 1 atom stereocenters. The van der Waals surface area contributed by atoms with Crippen molar-refractivity contribution in [3.63, 3.8) is 0 Å². The van der Waals surface area contributed by atoms with Crippen LogP contribution in [-0.2, 0) is 14.2 Å². The first kappa shape index (κ1) is 15.9. The quantitative estimate of drug-likeness (QED) is 0.532. The Kier molecular flexibility index (Phi) is 9.42. The van der Waals surface area contributed by atoms with Crippen LogP contribution in [0.3, 0.4) is 0 Å². The molecular weight excluding hydrogens is 234 g/mol. The lowest BCUT2D eigenvalue weighted by atomic mass is 10.3. The summed E-state index contributed by atoms with van der Waals surface area (Å²) in [7, 11) is 1.63. The zero-order valence-electron chi connectivity index (χ0n) is 11.4. The Bertz CT molecular complexity index is 186. The first-order valence-electron chi connectivity index (χ1n) is 6.90. The minimum Gasteiger partial charge on any atom is -0.389 e. The van der Waals surface area contributed by atoms with Gasteiger partial charge in [0.15, 0.2) is 0 Å². The van der Waals surface area contributed by atoms with Gasteiger partial charge in [-0.3, -0.25) is 0 Å². The highest BCUT2D eigenvalue weighted by Gasteiger charge is 2.14. The molecule has 0 aromatic carbocycles. The van der Waals surface area contributed by atoms with Gasteiger partial charge in [-0.1, -0.05) is 12.8 Å². The standard InChI is InChI=1S/C13H27NO4/c1-16-8-9-17-11-12(15)10-14-6-7-18-13-4-2-3-5-13/h12-15H,2-11H2,1H3. The van der Waals surface area contributed by atoms with Gasteiger partial charge < -0.3 is 24.6 Å². The minimum absolute atomic E-state index is 0.347. The molecule has 0 aliphatic heterocycles. The molecule has 0 spiro atoms. The Balaban J connectivity index is 1.81. The maximum Gasteiger partial charge on any atom is 0.0897 e. The first-order chi connectivity index (χ1) is 8.83. The summed E-state index contributed by atoms with van der Waals surface area (Å²) < 4.78 is 15.8. The van der Waals surface area contributed by atoms with Crippen molar-refractivity contribution in [3.05, 3.63) is 0 Å². The molecule has 108 valence electrons. The smallest absolute Gasteiger partial charge is 0.0897 e. The Labute approximate surface area is 110 Å². The normalized spacial score (nSPS) is 18.3. The number of nitrogens with one attached hydrogen (secondary N) is 1. The number of rotatable bonds is 11. The second kappa shape index (κ2) is 10.7. The van der Waals surface area contributed by atoms with Crippen molar-refractivity contribution >= 4 is 0 Å². The third kappa shape index (κ3) is 8.00. The van der Waals surface area contributed by atoms with E-state index in [2.05, 4.69) is 5.32 Å². The van der Waals surface area contributed by atoms with Crippen LogP contribution in [0.2, 0.25) is 0 Å². The third-order valence-corrected chi connectivity index (χ3v) is 3.06. The predicted octanol–water partition coefficient (Wildman–Crippen LogP) is 0.559. The van der Waals surface area contributed by atoms with Crippen molar-refractivity contribution in [2.75, 3.05) is 46.6 Å². The van der Waals surface area contributed by atoms with Crippen LogP contribution in [-0.4, -0.2) is 63.9 Å². The number of ether oxygens (including phenoxy) is 3. The van der Waals surface area contributed by atoms with Crippen molar-refractivity contribution in [3.8, 4) is 0 Å². The molecule has 1 saturated carbocycles. The van der Waals surface area contributed by atoms with Gasteiger partial charge in [0, 0.05) is 20.2 Å². The minimum atomic E-state index is -0.465. The molecule has 0 radical (unpaired) electrons. The van der Waals surface area contributed by atoms with Crippen molar-refractivity contribution in [1.82, 2.24) is 5.32 Å². The van der Waals surface area contributed by atoms with Gasteiger partial charge in [-0.2, -0.15) is 0 Å². The van der Waals surface area contributed by atoms with Crippen LogP contribution in [0, 0.1) is 0 Å². The SMILES string of the molecule is COCCOCC(O)CNCCOC1CCCC1. The molecular formula is C13H27NO4. The number of hydrogen-bond acceptors (Lipinski definition) is 5. The van der Waals surface area contributed by atoms with Crippen LogP contribution in [0.25, 0.3) is 0 Å². The van der Waals surface area contributed by atoms with Crippen LogP contribution in [0.15, 0.2) is 0 Å². The lowest BCUT2D eigenvalue weighted by Crippen LogP contribution is -2.33. The molecule has 0 amide bonds. The van der Waals surface area contributed by atoms with E-state index in [1.807, 2.05) is 0 Å². The van der Waals surface area contributed by atoms with Crippen LogP contribution < -0.4 is 5.32 Å². The summed E-state index contributed by atoms with van der Waals surface area (Å²) in [5.74, 6) is 0. The molecule has 0 saturated heterocycles. The summed E-state index contributed by atoms with van der Waals surface area (Å²) in [5, 5.41) is 12.8. The number of hydrogen-bond donors (Lipinski definition) is 2. The lowest BCUT2D eigenvalue weighted by molar-refractivity contribution is 0.0120. The molecule has 0 aromatic rings. The molecule has 1 aliphatic rings. The van der Waals surface area contributed by atoms with E-state index in [4.69, 9.17) is 14.2 Å². The number of aliphatic hydroxyl groups excluding tert-OH is 1. The highest BCUT2D eigenvalue weighted by Crippen LogP contribution is 2.20. The van der Waals surface area contributed by atoms with Crippen molar-refractivity contribution in [1.29, 1.82) is 0 Å². The fourth-order valence-electron chi connectivity index (χ4n) is 2.04. The van der Waals surface area contributed by atoms with Gasteiger partial charge in [0.1, 0.15) is 0 Å². The van der Waals surface area contributed by atoms with E-state index < -0.39 is 6.10 Å². The van der Waals surface area contributed by atoms with Crippen LogP contribution in [0.4, 0.5) is 0 Å². The lowest BCUT2D eigenvalue weighted by Gasteiger charge is -2.14. The van der Waals surface area contributed by atoms with E-state index >= 15 is 0 Å². The summed E-state index contributed by atoms with van der Waals surface area (Å²) >= 11 is 0. The van der Waals surface area contributed by atoms with E-state index in [1.165, 1.54) is 25.7 Å². The second-order valence-corrected chi connectivity index (χ2v) is 4.70. The third-order valence-electron chi connectivity index (χ3n) is 3.06. The monoisotopic (exact) mass is 261 g/mol. The van der Waals surface area contributed by atoms with Gasteiger partial charge in [-0.25, -0.2) is 0 Å². The van der Waals surface area contributed by atoms with E-state index in [-0.39, 0.29) is 0 Å². The largest absolute Gasteiger partial charge is 0.389 e. The molecule has 0 aromatic heterocycles. The summed E-state index contributed by atoms with van der Waals surface area (Å²) in [6.45, 7) is 3.49. The summed E-state index contributed by atoms with van der Waals surface area (Å²) in [6.07, 6.45) is 5.01. The van der Waals surface area contributed by atoms with Crippen molar-refractivity contribution < 1.29 is 19.3 Å². The molecule has 5 nitrogen and oxygen atoms in total. The molecule has 2 N–H and O–H groups in total. The average Bonchev–Trinajstić information content (AvgIpc) is 2.87. The van der Waals surface area contributed by atoms with E-state index in [9.17, 15) is 5.11 Å². The highest BCUT2D eigenvalue weighted by molar-refractivity contribution is 4.67. The van der Waals surface area contributed by atoms with Gasteiger partial charge >= 0.3 is 0 Å². The molecule has 0 bridgehead atoms. The molecule has 1 aliphatic carbocycles. The Morgan fingerprint density at radius 1 is 1.22 bits per heavy atom. The van der Waals surface area contributed by atoms with E-state index in [0.29, 0.717) is 32.5 Å². The molecule has 18 heavy (non-hydrogen) atoms. The topological polar surface area (TPSA) is 60.0 Å². The summed E-state index contributed by atoms with van der Waals surface area (Å²) in [4.78, 5) is 0. The van der Waals surface area contributed by atoms with E-state index in [1.54, 1.807) is 7.11 Å². The molecule has 1 rings (SSSR count). The van der Waals surface area contributed by atoms with Gasteiger partial charge in [0.05, 0.1) is 38.6 Å². The van der Waals surface area contributed by atoms with Crippen LogP contribution in [0.1, 0.15) is 25.7 Å². The van der Waals surface area contributed by atoms with Gasteiger partial charge in [-0.15, -0.1) is 0 Å².